The molecule has 3 nitrogen and oxygen atoms in total. The average Bonchev–Trinajstić information content (AvgIpc) is 2.72. The molecular formula is C12H13F3N2O. The van der Waals surface area contributed by atoms with Crippen molar-refractivity contribution in [1.82, 2.24) is 4.57 Å². The Labute approximate surface area is 102 Å². The molecule has 0 bridgehead atoms. The van der Waals surface area contributed by atoms with E-state index in [2.05, 4.69) is 0 Å². The first-order valence-corrected chi connectivity index (χ1v) is 5.39. The van der Waals surface area contributed by atoms with Gasteiger partial charge in [0, 0.05) is 18.1 Å². The second-order valence-electron chi connectivity index (χ2n) is 3.91. The summed E-state index contributed by atoms with van der Waals surface area (Å²) < 4.78 is 44.8. The SMILES string of the molecule is COc1cccc2c1ccn2C(CN)C(F)(F)F. The lowest BCUT2D eigenvalue weighted by Crippen LogP contribution is -2.32. The van der Waals surface area contributed by atoms with E-state index in [-0.39, 0.29) is 0 Å². The van der Waals surface area contributed by atoms with Crippen molar-refractivity contribution in [3.05, 3.63) is 30.5 Å². The van der Waals surface area contributed by atoms with Crippen LogP contribution in [0.2, 0.25) is 0 Å². The lowest BCUT2D eigenvalue weighted by Gasteiger charge is -2.21. The summed E-state index contributed by atoms with van der Waals surface area (Å²) in [4.78, 5) is 0. The molecule has 0 radical (unpaired) electrons. The molecule has 98 valence electrons. The van der Waals surface area contributed by atoms with E-state index >= 15 is 0 Å². The maximum atomic E-state index is 12.9. The van der Waals surface area contributed by atoms with Crippen molar-refractivity contribution in [2.24, 2.45) is 5.73 Å². The smallest absolute Gasteiger partial charge is 0.410 e. The number of fused-ring (bicyclic) bond motifs is 1. The van der Waals surface area contributed by atoms with Crippen molar-refractivity contribution in [1.29, 1.82) is 0 Å². The van der Waals surface area contributed by atoms with Gasteiger partial charge < -0.3 is 15.0 Å². The van der Waals surface area contributed by atoms with Crippen LogP contribution in [0.1, 0.15) is 6.04 Å². The van der Waals surface area contributed by atoms with E-state index in [1.165, 1.54) is 13.3 Å². The number of halogens is 3. The Morgan fingerprint density at radius 3 is 2.61 bits per heavy atom. The molecule has 2 N–H and O–H groups in total. The molecule has 0 spiro atoms. The summed E-state index contributed by atoms with van der Waals surface area (Å²) in [6.45, 7) is -0.496. The van der Waals surface area contributed by atoms with Crippen LogP contribution in [0.4, 0.5) is 13.2 Å². The molecule has 0 saturated heterocycles. The molecule has 1 unspecified atom stereocenters. The first kappa shape index (κ1) is 12.8. The van der Waals surface area contributed by atoms with Crippen LogP contribution in [-0.4, -0.2) is 24.4 Å². The number of hydrogen-bond donors (Lipinski definition) is 1. The minimum atomic E-state index is -4.37. The van der Waals surface area contributed by atoms with Gasteiger partial charge in [-0.15, -0.1) is 0 Å². The van der Waals surface area contributed by atoms with Crippen LogP contribution in [-0.2, 0) is 0 Å². The molecule has 0 aliphatic carbocycles. The van der Waals surface area contributed by atoms with Crippen molar-refractivity contribution in [3.63, 3.8) is 0 Å². The first-order chi connectivity index (χ1) is 8.49. The number of hydrogen-bond acceptors (Lipinski definition) is 2. The molecule has 2 aromatic rings. The highest BCUT2D eigenvalue weighted by molar-refractivity contribution is 5.86. The number of aromatic nitrogens is 1. The van der Waals surface area contributed by atoms with E-state index in [0.717, 1.165) is 4.57 Å². The van der Waals surface area contributed by atoms with E-state index in [1.807, 2.05) is 0 Å². The van der Waals surface area contributed by atoms with E-state index in [0.29, 0.717) is 16.7 Å². The van der Waals surface area contributed by atoms with E-state index in [9.17, 15) is 13.2 Å². The Morgan fingerprint density at radius 1 is 1.33 bits per heavy atom. The third-order valence-corrected chi connectivity index (χ3v) is 2.88. The summed E-state index contributed by atoms with van der Waals surface area (Å²) in [5, 5.41) is 0.641. The minimum absolute atomic E-state index is 0.460. The van der Waals surface area contributed by atoms with Gasteiger partial charge in [0.2, 0.25) is 0 Å². The number of nitrogens with zero attached hydrogens (tertiary/aromatic N) is 1. The summed E-state index contributed by atoms with van der Waals surface area (Å²) in [6.07, 6.45) is -2.98. The Hall–Kier alpha value is -1.69. The molecule has 18 heavy (non-hydrogen) atoms. The lowest BCUT2D eigenvalue weighted by molar-refractivity contribution is -0.164. The lowest BCUT2D eigenvalue weighted by atomic mass is 10.2. The zero-order valence-electron chi connectivity index (χ0n) is 9.74. The molecule has 2 rings (SSSR count). The van der Waals surface area contributed by atoms with Crippen molar-refractivity contribution < 1.29 is 17.9 Å². The zero-order chi connectivity index (χ0) is 13.3. The van der Waals surface area contributed by atoms with Gasteiger partial charge in [-0.2, -0.15) is 13.2 Å². The minimum Gasteiger partial charge on any atom is -0.496 e. The second kappa shape index (κ2) is 4.53. The predicted molar refractivity (Wildman–Crippen MR) is 62.6 cm³/mol. The molecule has 0 aliphatic rings. The zero-order valence-corrected chi connectivity index (χ0v) is 9.74. The van der Waals surface area contributed by atoms with Crippen LogP contribution in [0.25, 0.3) is 10.9 Å². The van der Waals surface area contributed by atoms with Crippen LogP contribution >= 0.6 is 0 Å². The fourth-order valence-corrected chi connectivity index (χ4v) is 2.01. The molecule has 1 aromatic carbocycles. The second-order valence-corrected chi connectivity index (χ2v) is 3.91. The van der Waals surface area contributed by atoms with Gasteiger partial charge in [0.05, 0.1) is 12.6 Å². The van der Waals surface area contributed by atoms with E-state index in [4.69, 9.17) is 10.5 Å². The van der Waals surface area contributed by atoms with Crippen LogP contribution < -0.4 is 10.5 Å². The Morgan fingerprint density at radius 2 is 2.06 bits per heavy atom. The fraction of sp³-hybridized carbons (Fsp3) is 0.333. The highest BCUT2D eigenvalue weighted by Gasteiger charge is 2.40. The molecule has 1 heterocycles. The highest BCUT2D eigenvalue weighted by atomic mass is 19.4. The fourth-order valence-electron chi connectivity index (χ4n) is 2.01. The number of nitrogens with two attached hydrogens (primary N) is 1. The molecular weight excluding hydrogens is 245 g/mol. The molecule has 0 saturated carbocycles. The van der Waals surface area contributed by atoms with Gasteiger partial charge in [-0.1, -0.05) is 6.07 Å². The van der Waals surface area contributed by atoms with Crippen LogP contribution in [0.3, 0.4) is 0 Å². The third kappa shape index (κ3) is 2.03. The quantitative estimate of drug-likeness (QED) is 0.919. The summed E-state index contributed by atoms with van der Waals surface area (Å²) >= 11 is 0. The Bertz CT molecular complexity index is 548. The van der Waals surface area contributed by atoms with Gasteiger partial charge in [0.25, 0.3) is 0 Å². The van der Waals surface area contributed by atoms with Gasteiger partial charge in [0.15, 0.2) is 0 Å². The summed E-state index contributed by atoms with van der Waals surface area (Å²) in [5.74, 6) is 0.546. The standard InChI is InChI=1S/C12H13F3N2O/c1-18-10-4-2-3-9-8(10)5-6-17(9)11(7-16)12(13,14)15/h2-6,11H,7,16H2,1H3. The predicted octanol–water partition coefficient (Wildman–Crippen LogP) is 2.71. The van der Waals surface area contributed by atoms with Gasteiger partial charge in [-0.3, -0.25) is 0 Å². The van der Waals surface area contributed by atoms with Crippen LogP contribution in [0.5, 0.6) is 5.75 Å². The Balaban J connectivity index is 2.59. The Kier molecular flexibility index (Phi) is 3.21. The van der Waals surface area contributed by atoms with Gasteiger partial charge in [-0.05, 0) is 18.2 Å². The van der Waals surface area contributed by atoms with Crippen LogP contribution in [0.15, 0.2) is 30.5 Å². The molecule has 0 amide bonds. The number of methoxy groups -OCH3 is 1. The molecule has 1 aromatic heterocycles. The van der Waals surface area contributed by atoms with Gasteiger partial charge >= 0.3 is 6.18 Å². The molecule has 1 atom stereocenters. The molecule has 0 aliphatic heterocycles. The summed E-state index contributed by atoms with van der Waals surface area (Å²) in [6, 6.07) is 4.86. The number of ether oxygens (including phenoxy) is 1. The average molecular weight is 258 g/mol. The summed E-state index contributed by atoms with van der Waals surface area (Å²) in [5.41, 5.74) is 5.70. The highest BCUT2D eigenvalue weighted by Crippen LogP contribution is 2.35. The maximum Gasteiger partial charge on any atom is 0.410 e. The van der Waals surface area contributed by atoms with Crippen molar-refractivity contribution in [2.45, 2.75) is 12.2 Å². The van der Waals surface area contributed by atoms with Crippen molar-refractivity contribution in [2.75, 3.05) is 13.7 Å². The monoisotopic (exact) mass is 258 g/mol. The van der Waals surface area contributed by atoms with E-state index < -0.39 is 18.8 Å². The third-order valence-electron chi connectivity index (χ3n) is 2.88. The largest absolute Gasteiger partial charge is 0.496 e. The normalized spacial score (nSPS) is 13.8. The van der Waals surface area contributed by atoms with E-state index in [1.54, 1.807) is 24.3 Å². The van der Waals surface area contributed by atoms with Crippen LogP contribution in [0, 0.1) is 0 Å². The van der Waals surface area contributed by atoms with Gasteiger partial charge in [0.1, 0.15) is 11.8 Å². The van der Waals surface area contributed by atoms with Gasteiger partial charge in [-0.25, -0.2) is 0 Å². The number of rotatable bonds is 3. The number of benzene rings is 1. The number of alkyl halides is 3. The summed E-state index contributed by atoms with van der Waals surface area (Å²) in [7, 11) is 1.48. The molecule has 0 fully saturated rings. The first-order valence-electron chi connectivity index (χ1n) is 5.39. The van der Waals surface area contributed by atoms with Crippen molar-refractivity contribution >= 4 is 10.9 Å². The maximum absolute atomic E-state index is 12.9. The topological polar surface area (TPSA) is 40.2 Å². The van der Waals surface area contributed by atoms with Crippen molar-refractivity contribution in [3.8, 4) is 5.75 Å². The molecule has 6 heteroatoms.